The van der Waals surface area contributed by atoms with Gasteiger partial charge in [0.15, 0.2) is 5.76 Å². The van der Waals surface area contributed by atoms with Crippen LogP contribution in [-0.2, 0) is 0 Å². The van der Waals surface area contributed by atoms with Gasteiger partial charge in [0.1, 0.15) is 5.58 Å². The predicted molar refractivity (Wildman–Crippen MR) is 82.3 cm³/mol. The molecule has 0 unspecified atom stereocenters. The molecule has 0 amide bonds. The van der Waals surface area contributed by atoms with Crippen LogP contribution in [-0.4, -0.2) is 5.11 Å². The van der Waals surface area contributed by atoms with Crippen molar-refractivity contribution < 1.29 is 9.52 Å². The van der Waals surface area contributed by atoms with Gasteiger partial charge >= 0.3 is 0 Å². The van der Waals surface area contributed by atoms with E-state index in [0.717, 1.165) is 3.57 Å². The molecule has 0 spiro atoms. The summed E-state index contributed by atoms with van der Waals surface area (Å²) in [5.74, 6) is -0.139. The summed E-state index contributed by atoms with van der Waals surface area (Å²) in [6, 6.07) is 14.4. The third kappa shape index (κ3) is 2.12. The smallest absolute Gasteiger partial charge is 0.235 e. The molecule has 1 aromatic heterocycles. The number of aromatic hydroxyl groups is 1. The van der Waals surface area contributed by atoms with Gasteiger partial charge in [0.2, 0.25) is 11.2 Å². The lowest BCUT2D eigenvalue weighted by Gasteiger charge is -2.05. The van der Waals surface area contributed by atoms with E-state index in [0.29, 0.717) is 16.5 Å². The molecule has 3 aromatic rings. The van der Waals surface area contributed by atoms with Gasteiger partial charge in [0, 0.05) is 9.13 Å². The van der Waals surface area contributed by atoms with E-state index >= 15 is 0 Å². The Balaban J connectivity index is 2.37. The highest BCUT2D eigenvalue weighted by molar-refractivity contribution is 14.1. The molecule has 0 saturated carbocycles. The van der Waals surface area contributed by atoms with Gasteiger partial charge < -0.3 is 9.52 Å². The van der Waals surface area contributed by atoms with Crippen molar-refractivity contribution in [1.82, 2.24) is 0 Å². The van der Waals surface area contributed by atoms with Crippen molar-refractivity contribution in [2.75, 3.05) is 0 Å². The molecule has 0 radical (unpaired) electrons. The van der Waals surface area contributed by atoms with Gasteiger partial charge in [0.05, 0.1) is 5.39 Å². The number of hydrogen-bond donors (Lipinski definition) is 1. The summed E-state index contributed by atoms with van der Waals surface area (Å²) >= 11 is 2.11. The Hall–Kier alpha value is -1.82. The number of fused-ring (bicyclic) bond motifs is 1. The molecule has 0 aliphatic carbocycles. The number of halogens is 1. The second kappa shape index (κ2) is 4.70. The summed E-state index contributed by atoms with van der Waals surface area (Å²) in [5, 5.41) is 10.4. The summed E-state index contributed by atoms with van der Waals surface area (Å²) < 4.78 is 6.58. The molecule has 1 N–H and O–H groups in total. The zero-order chi connectivity index (χ0) is 13.4. The van der Waals surface area contributed by atoms with E-state index in [4.69, 9.17) is 4.42 Å². The summed E-state index contributed by atoms with van der Waals surface area (Å²) in [7, 11) is 0. The fourth-order valence-electron chi connectivity index (χ4n) is 1.94. The molecule has 0 aliphatic rings. The monoisotopic (exact) mass is 364 g/mol. The van der Waals surface area contributed by atoms with Crippen molar-refractivity contribution >= 4 is 33.6 Å². The van der Waals surface area contributed by atoms with Crippen LogP contribution in [0.5, 0.6) is 5.75 Å². The van der Waals surface area contributed by atoms with Gasteiger partial charge in [-0.15, -0.1) is 0 Å². The van der Waals surface area contributed by atoms with Crippen LogP contribution in [0.3, 0.4) is 0 Å². The highest BCUT2D eigenvalue weighted by atomic mass is 127. The summed E-state index contributed by atoms with van der Waals surface area (Å²) in [4.78, 5) is 12.2. The molecule has 3 nitrogen and oxygen atoms in total. The van der Waals surface area contributed by atoms with Crippen LogP contribution < -0.4 is 5.43 Å². The van der Waals surface area contributed by atoms with Gasteiger partial charge in [0.25, 0.3) is 0 Å². The maximum absolute atomic E-state index is 12.2. The summed E-state index contributed by atoms with van der Waals surface area (Å²) in [6.07, 6.45) is 0. The first kappa shape index (κ1) is 12.2. The van der Waals surface area contributed by atoms with Crippen molar-refractivity contribution in [1.29, 1.82) is 0 Å². The van der Waals surface area contributed by atoms with E-state index in [1.807, 2.05) is 24.3 Å². The SMILES string of the molecule is O=c1c(O)c(-c2ccccc2)oc2ccc(I)cc12. The largest absolute Gasteiger partial charge is 0.502 e. The number of hydrogen-bond acceptors (Lipinski definition) is 3. The van der Waals surface area contributed by atoms with Crippen molar-refractivity contribution in [3.05, 3.63) is 62.3 Å². The van der Waals surface area contributed by atoms with Crippen molar-refractivity contribution in [2.45, 2.75) is 0 Å². The standard InChI is InChI=1S/C15H9IO3/c16-10-6-7-12-11(8-10)13(17)14(18)15(19-12)9-4-2-1-3-5-9/h1-8,18H. The Labute approximate surface area is 122 Å². The second-order valence-corrected chi connectivity index (χ2v) is 5.36. The van der Waals surface area contributed by atoms with Crippen LogP contribution >= 0.6 is 22.6 Å². The molecular weight excluding hydrogens is 355 g/mol. The fourth-order valence-corrected chi connectivity index (χ4v) is 2.43. The van der Waals surface area contributed by atoms with Gasteiger partial charge in [-0.2, -0.15) is 0 Å². The summed E-state index contributed by atoms with van der Waals surface area (Å²) in [6.45, 7) is 0. The molecule has 1 heterocycles. The maximum Gasteiger partial charge on any atom is 0.235 e. The Morgan fingerprint density at radius 1 is 1.05 bits per heavy atom. The lowest BCUT2D eigenvalue weighted by Crippen LogP contribution is -2.02. The van der Waals surface area contributed by atoms with Gasteiger partial charge in [-0.05, 0) is 40.8 Å². The Morgan fingerprint density at radius 2 is 1.79 bits per heavy atom. The molecule has 4 heteroatoms. The minimum absolute atomic E-state index is 0.208. The Morgan fingerprint density at radius 3 is 2.53 bits per heavy atom. The Bertz CT molecular complexity index is 807. The van der Waals surface area contributed by atoms with E-state index in [1.54, 1.807) is 24.3 Å². The molecule has 2 aromatic carbocycles. The molecule has 0 aliphatic heterocycles. The first-order valence-corrected chi connectivity index (χ1v) is 6.75. The minimum Gasteiger partial charge on any atom is -0.502 e. The topological polar surface area (TPSA) is 50.4 Å². The van der Waals surface area contributed by atoms with E-state index in [-0.39, 0.29) is 11.5 Å². The van der Waals surface area contributed by atoms with Crippen molar-refractivity contribution in [3.8, 4) is 17.1 Å². The van der Waals surface area contributed by atoms with Gasteiger partial charge in [-0.25, -0.2) is 0 Å². The third-order valence-electron chi connectivity index (χ3n) is 2.86. The van der Waals surface area contributed by atoms with Crippen LogP contribution in [0.1, 0.15) is 0 Å². The Kier molecular flexibility index (Phi) is 3.02. The van der Waals surface area contributed by atoms with Crippen LogP contribution in [0.4, 0.5) is 0 Å². The zero-order valence-electron chi connectivity index (χ0n) is 9.76. The molecule has 0 fully saturated rings. The van der Waals surface area contributed by atoms with Crippen LogP contribution in [0, 0.1) is 3.57 Å². The highest BCUT2D eigenvalue weighted by Gasteiger charge is 2.14. The lowest BCUT2D eigenvalue weighted by molar-refractivity contribution is 0.449. The minimum atomic E-state index is -0.404. The third-order valence-corrected chi connectivity index (χ3v) is 3.54. The van der Waals surface area contributed by atoms with E-state index in [9.17, 15) is 9.90 Å². The van der Waals surface area contributed by atoms with Gasteiger partial charge in [-0.1, -0.05) is 30.3 Å². The van der Waals surface area contributed by atoms with E-state index in [2.05, 4.69) is 22.6 Å². The molecule has 0 saturated heterocycles. The fraction of sp³-hybridized carbons (Fsp3) is 0. The lowest BCUT2D eigenvalue weighted by atomic mass is 10.1. The van der Waals surface area contributed by atoms with Gasteiger partial charge in [-0.3, -0.25) is 4.79 Å². The quantitative estimate of drug-likeness (QED) is 0.669. The summed E-state index contributed by atoms with van der Waals surface area (Å²) in [5.41, 5.74) is 0.748. The number of benzene rings is 2. The molecular formula is C15H9IO3. The van der Waals surface area contributed by atoms with Crippen LogP contribution in [0.15, 0.2) is 57.7 Å². The average molecular weight is 364 g/mol. The molecule has 19 heavy (non-hydrogen) atoms. The van der Waals surface area contributed by atoms with Crippen LogP contribution in [0.2, 0.25) is 0 Å². The molecule has 0 bridgehead atoms. The highest BCUT2D eigenvalue weighted by Crippen LogP contribution is 2.30. The molecule has 0 atom stereocenters. The van der Waals surface area contributed by atoms with E-state index < -0.39 is 5.43 Å². The average Bonchev–Trinajstić information content (AvgIpc) is 2.44. The molecule has 3 rings (SSSR count). The predicted octanol–water partition coefficient (Wildman–Crippen LogP) is 3.77. The number of rotatable bonds is 1. The maximum atomic E-state index is 12.2. The second-order valence-electron chi connectivity index (χ2n) is 4.12. The molecule has 94 valence electrons. The zero-order valence-corrected chi connectivity index (χ0v) is 11.9. The normalized spacial score (nSPS) is 10.8. The first-order valence-electron chi connectivity index (χ1n) is 5.67. The van der Waals surface area contributed by atoms with E-state index in [1.165, 1.54) is 0 Å². The van der Waals surface area contributed by atoms with Crippen LogP contribution in [0.25, 0.3) is 22.3 Å². The first-order chi connectivity index (χ1) is 9.16. The van der Waals surface area contributed by atoms with Crippen molar-refractivity contribution in [3.63, 3.8) is 0 Å². The van der Waals surface area contributed by atoms with Crippen molar-refractivity contribution in [2.24, 2.45) is 0 Å².